The first kappa shape index (κ1) is 15.2. The Morgan fingerprint density at radius 2 is 2.15 bits per heavy atom. The van der Waals surface area contributed by atoms with Crippen LogP contribution in [-0.4, -0.2) is 49.9 Å². The Morgan fingerprint density at radius 3 is 2.80 bits per heavy atom. The van der Waals surface area contributed by atoms with Crippen molar-refractivity contribution in [2.75, 3.05) is 39.9 Å². The fourth-order valence-corrected chi connectivity index (χ4v) is 2.72. The Balaban J connectivity index is 2.20. The van der Waals surface area contributed by atoms with Crippen molar-refractivity contribution >= 4 is 0 Å². The van der Waals surface area contributed by atoms with Gasteiger partial charge in [-0.05, 0) is 30.5 Å². The fraction of sp³-hybridized carbons (Fsp3) is 0.600. The number of piperazine rings is 1. The lowest BCUT2D eigenvalue weighted by Gasteiger charge is -2.35. The predicted molar refractivity (Wildman–Crippen MR) is 76.5 cm³/mol. The van der Waals surface area contributed by atoms with E-state index >= 15 is 0 Å². The number of aliphatic hydroxyl groups is 1. The minimum atomic E-state index is -0.336. The zero-order chi connectivity index (χ0) is 14.4. The molecule has 4 nitrogen and oxygen atoms in total. The van der Waals surface area contributed by atoms with Crippen molar-refractivity contribution in [1.29, 1.82) is 0 Å². The zero-order valence-corrected chi connectivity index (χ0v) is 11.9. The maximum atomic E-state index is 13.5. The summed E-state index contributed by atoms with van der Waals surface area (Å²) in [7, 11) is 1.48. The van der Waals surface area contributed by atoms with Crippen molar-refractivity contribution in [2.45, 2.75) is 18.9 Å². The summed E-state index contributed by atoms with van der Waals surface area (Å²) in [6, 6.07) is 5.27. The summed E-state index contributed by atoms with van der Waals surface area (Å²) in [4.78, 5) is 2.39. The SMILES string of the molecule is COc1cc([C@H](CCCO)N2CCNCC2)ccc1F. The standard InChI is InChI=1S/C15H23FN2O2/c1-20-15-11-12(4-5-13(15)16)14(3-2-10-19)18-8-6-17-7-9-18/h4-5,11,14,17,19H,2-3,6-10H2,1H3/t14-/m0/s1. The van der Waals surface area contributed by atoms with Gasteiger partial charge in [0, 0.05) is 38.8 Å². The van der Waals surface area contributed by atoms with Gasteiger partial charge in [-0.15, -0.1) is 0 Å². The second-order valence-corrected chi connectivity index (χ2v) is 5.06. The van der Waals surface area contributed by atoms with Crippen LogP contribution >= 0.6 is 0 Å². The predicted octanol–water partition coefficient (Wildman–Crippen LogP) is 1.55. The number of methoxy groups -OCH3 is 1. The highest BCUT2D eigenvalue weighted by atomic mass is 19.1. The Morgan fingerprint density at radius 1 is 1.40 bits per heavy atom. The first-order chi connectivity index (χ1) is 9.76. The molecule has 5 heteroatoms. The first-order valence-electron chi connectivity index (χ1n) is 7.15. The van der Waals surface area contributed by atoms with Gasteiger partial charge in [-0.2, -0.15) is 0 Å². The van der Waals surface area contributed by atoms with E-state index in [1.54, 1.807) is 6.07 Å². The van der Waals surface area contributed by atoms with Crippen LogP contribution in [0.4, 0.5) is 4.39 Å². The van der Waals surface area contributed by atoms with Gasteiger partial charge in [0.2, 0.25) is 0 Å². The molecule has 2 N–H and O–H groups in total. The minimum absolute atomic E-state index is 0.181. The summed E-state index contributed by atoms with van der Waals surface area (Å²) < 4.78 is 18.6. The molecular weight excluding hydrogens is 259 g/mol. The normalized spacial score (nSPS) is 17.9. The van der Waals surface area contributed by atoms with Crippen LogP contribution in [0.1, 0.15) is 24.4 Å². The van der Waals surface area contributed by atoms with E-state index < -0.39 is 0 Å². The Bertz CT molecular complexity index is 422. The summed E-state index contributed by atoms with van der Waals surface area (Å²) in [6.45, 7) is 4.05. The van der Waals surface area contributed by atoms with Gasteiger partial charge in [-0.3, -0.25) is 4.90 Å². The van der Waals surface area contributed by atoms with Gasteiger partial charge >= 0.3 is 0 Å². The van der Waals surface area contributed by atoms with Crippen LogP contribution in [0, 0.1) is 5.82 Å². The molecule has 0 bridgehead atoms. The van der Waals surface area contributed by atoms with Crippen molar-refractivity contribution in [2.24, 2.45) is 0 Å². The van der Waals surface area contributed by atoms with Crippen LogP contribution in [0.25, 0.3) is 0 Å². The molecular formula is C15H23FN2O2. The second-order valence-electron chi connectivity index (χ2n) is 5.06. The monoisotopic (exact) mass is 282 g/mol. The molecule has 1 aliphatic rings. The molecule has 1 aromatic rings. The average Bonchev–Trinajstić information content (AvgIpc) is 2.50. The number of ether oxygens (including phenoxy) is 1. The van der Waals surface area contributed by atoms with Crippen LogP contribution in [0.2, 0.25) is 0 Å². The van der Waals surface area contributed by atoms with E-state index in [0.717, 1.165) is 44.6 Å². The Kier molecular flexibility index (Phi) is 5.76. The number of hydrogen-bond donors (Lipinski definition) is 2. The van der Waals surface area contributed by atoms with E-state index in [2.05, 4.69) is 10.2 Å². The molecule has 1 heterocycles. The molecule has 0 radical (unpaired) electrons. The number of nitrogens with one attached hydrogen (secondary N) is 1. The van der Waals surface area contributed by atoms with Gasteiger partial charge in [-0.25, -0.2) is 4.39 Å². The zero-order valence-electron chi connectivity index (χ0n) is 11.9. The lowest BCUT2D eigenvalue weighted by molar-refractivity contribution is 0.154. The van der Waals surface area contributed by atoms with Crippen LogP contribution < -0.4 is 10.1 Å². The summed E-state index contributed by atoms with van der Waals surface area (Å²) in [6.07, 6.45) is 1.61. The highest BCUT2D eigenvalue weighted by molar-refractivity contribution is 5.32. The van der Waals surface area contributed by atoms with Crippen molar-refractivity contribution in [1.82, 2.24) is 10.2 Å². The topological polar surface area (TPSA) is 44.7 Å². The van der Waals surface area contributed by atoms with Gasteiger partial charge in [0.25, 0.3) is 0 Å². The van der Waals surface area contributed by atoms with Crippen LogP contribution in [0.15, 0.2) is 18.2 Å². The third kappa shape index (κ3) is 3.69. The molecule has 0 aromatic heterocycles. The number of hydrogen-bond acceptors (Lipinski definition) is 4. The van der Waals surface area contributed by atoms with Gasteiger partial charge < -0.3 is 15.2 Å². The highest BCUT2D eigenvalue weighted by Gasteiger charge is 2.22. The van der Waals surface area contributed by atoms with Gasteiger partial charge in [0.05, 0.1) is 7.11 Å². The molecule has 0 saturated carbocycles. The largest absolute Gasteiger partial charge is 0.494 e. The summed E-state index contributed by atoms with van der Waals surface area (Å²) >= 11 is 0. The molecule has 20 heavy (non-hydrogen) atoms. The van der Waals surface area contributed by atoms with Crippen molar-refractivity contribution in [3.63, 3.8) is 0 Å². The average molecular weight is 282 g/mol. The van der Waals surface area contributed by atoms with Crippen molar-refractivity contribution < 1.29 is 14.2 Å². The molecule has 1 fully saturated rings. The van der Waals surface area contributed by atoms with E-state index in [0.29, 0.717) is 0 Å². The molecule has 1 aromatic carbocycles. The van der Waals surface area contributed by atoms with Crippen LogP contribution in [0.5, 0.6) is 5.75 Å². The summed E-state index contributed by atoms with van der Waals surface area (Å²) in [5.74, 6) is -0.0518. The second kappa shape index (κ2) is 7.57. The fourth-order valence-electron chi connectivity index (χ4n) is 2.72. The number of benzene rings is 1. The third-order valence-electron chi connectivity index (χ3n) is 3.79. The number of halogens is 1. The number of nitrogens with zero attached hydrogens (tertiary/aromatic N) is 1. The lowest BCUT2D eigenvalue weighted by Crippen LogP contribution is -2.45. The Hall–Kier alpha value is -1.17. The van der Waals surface area contributed by atoms with E-state index in [-0.39, 0.29) is 24.2 Å². The summed E-state index contributed by atoms with van der Waals surface area (Å²) in [5.41, 5.74) is 1.05. The molecule has 112 valence electrons. The smallest absolute Gasteiger partial charge is 0.165 e. The van der Waals surface area contributed by atoms with Gasteiger partial charge in [0.15, 0.2) is 11.6 Å². The Labute approximate surface area is 119 Å². The third-order valence-corrected chi connectivity index (χ3v) is 3.79. The van der Waals surface area contributed by atoms with Gasteiger partial charge in [0.1, 0.15) is 0 Å². The molecule has 0 unspecified atom stereocenters. The van der Waals surface area contributed by atoms with Crippen LogP contribution in [0.3, 0.4) is 0 Å². The summed E-state index contributed by atoms with van der Waals surface area (Å²) in [5, 5.41) is 12.4. The molecule has 1 saturated heterocycles. The molecule has 1 aliphatic heterocycles. The molecule has 2 rings (SSSR count). The van der Waals surface area contributed by atoms with Crippen molar-refractivity contribution in [3.05, 3.63) is 29.6 Å². The highest BCUT2D eigenvalue weighted by Crippen LogP contribution is 2.29. The van der Waals surface area contributed by atoms with E-state index in [4.69, 9.17) is 9.84 Å². The van der Waals surface area contributed by atoms with Crippen molar-refractivity contribution in [3.8, 4) is 5.75 Å². The maximum absolute atomic E-state index is 13.5. The van der Waals surface area contributed by atoms with Gasteiger partial charge in [-0.1, -0.05) is 6.07 Å². The van der Waals surface area contributed by atoms with E-state index in [1.807, 2.05) is 6.07 Å². The molecule has 0 aliphatic carbocycles. The quantitative estimate of drug-likeness (QED) is 0.831. The number of rotatable bonds is 6. The van der Waals surface area contributed by atoms with Crippen LogP contribution in [-0.2, 0) is 0 Å². The molecule has 1 atom stereocenters. The molecule has 0 amide bonds. The van der Waals surface area contributed by atoms with E-state index in [9.17, 15) is 4.39 Å². The molecule has 0 spiro atoms. The minimum Gasteiger partial charge on any atom is -0.494 e. The van der Waals surface area contributed by atoms with E-state index in [1.165, 1.54) is 13.2 Å². The lowest BCUT2D eigenvalue weighted by atomic mass is 9.99. The number of aliphatic hydroxyl groups excluding tert-OH is 1. The maximum Gasteiger partial charge on any atom is 0.165 e. The first-order valence-corrected chi connectivity index (χ1v) is 7.15.